The molecule has 3 rings (SSSR count). The van der Waals surface area contributed by atoms with Gasteiger partial charge in [-0.2, -0.15) is 5.10 Å². The van der Waals surface area contributed by atoms with Gasteiger partial charge in [-0.15, -0.1) is 0 Å². The van der Waals surface area contributed by atoms with E-state index in [9.17, 15) is 4.79 Å². The second-order valence-corrected chi connectivity index (χ2v) is 6.25. The van der Waals surface area contributed by atoms with Gasteiger partial charge < -0.3 is 9.72 Å². The maximum absolute atomic E-state index is 11.8. The normalized spacial score (nSPS) is 11.1. The van der Waals surface area contributed by atoms with Crippen LogP contribution in [0.1, 0.15) is 11.1 Å². The third-order valence-electron chi connectivity index (χ3n) is 3.43. The van der Waals surface area contributed by atoms with Crippen molar-refractivity contribution in [2.24, 2.45) is 5.10 Å². The van der Waals surface area contributed by atoms with E-state index in [4.69, 9.17) is 4.74 Å². The van der Waals surface area contributed by atoms with Crippen molar-refractivity contribution in [3.63, 3.8) is 0 Å². The maximum atomic E-state index is 11.8. The third-order valence-corrected chi connectivity index (χ3v) is 3.92. The molecule has 1 amide bonds. The molecule has 0 aliphatic rings. The number of hydrazone groups is 1. The van der Waals surface area contributed by atoms with E-state index in [1.807, 2.05) is 55.6 Å². The van der Waals surface area contributed by atoms with Crippen molar-refractivity contribution in [3.8, 4) is 5.75 Å². The monoisotopic (exact) mass is 385 g/mol. The number of aryl methyl sites for hydroxylation is 1. The number of ether oxygens (including phenoxy) is 1. The fourth-order valence-corrected chi connectivity index (χ4v) is 2.64. The lowest BCUT2D eigenvalue weighted by Crippen LogP contribution is -2.24. The Hall–Kier alpha value is -2.60. The topological polar surface area (TPSA) is 66.5 Å². The summed E-state index contributed by atoms with van der Waals surface area (Å²) in [6, 6.07) is 13.5. The van der Waals surface area contributed by atoms with Crippen molar-refractivity contribution in [1.82, 2.24) is 10.4 Å². The zero-order valence-electron chi connectivity index (χ0n) is 13.0. The number of benzene rings is 2. The Morgan fingerprint density at radius 3 is 3.04 bits per heavy atom. The van der Waals surface area contributed by atoms with Crippen molar-refractivity contribution < 1.29 is 9.53 Å². The van der Waals surface area contributed by atoms with Crippen LogP contribution in [0.3, 0.4) is 0 Å². The number of aromatic nitrogens is 1. The van der Waals surface area contributed by atoms with Crippen molar-refractivity contribution in [1.29, 1.82) is 0 Å². The molecule has 2 aromatic carbocycles. The molecule has 6 heteroatoms. The van der Waals surface area contributed by atoms with Gasteiger partial charge in [-0.05, 0) is 42.8 Å². The van der Waals surface area contributed by atoms with Gasteiger partial charge in [0.1, 0.15) is 5.75 Å². The largest absolute Gasteiger partial charge is 0.484 e. The van der Waals surface area contributed by atoms with Crippen LogP contribution in [0.5, 0.6) is 5.75 Å². The van der Waals surface area contributed by atoms with Gasteiger partial charge in [-0.25, -0.2) is 5.43 Å². The first-order chi connectivity index (χ1) is 11.6. The van der Waals surface area contributed by atoms with Gasteiger partial charge in [0.15, 0.2) is 6.61 Å². The molecule has 5 nitrogen and oxygen atoms in total. The SMILES string of the molecule is Cc1cccc(OCC(=O)NN=Cc2c[nH]c3ccc(Br)cc23)c1. The maximum Gasteiger partial charge on any atom is 0.277 e. The predicted octanol–water partition coefficient (Wildman–Crippen LogP) is 3.77. The molecule has 0 saturated carbocycles. The molecule has 1 aromatic heterocycles. The number of fused-ring (bicyclic) bond motifs is 1. The highest BCUT2D eigenvalue weighted by Crippen LogP contribution is 2.21. The van der Waals surface area contributed by atoms with Crippen molar-refractivity contribution in [3.05, 3.63) is 64.3 Å². The smallest absolute Gasteiger partial charge is 0.277 e. The first kappa shape index (κ1) is 16.3. The summed E-state index contributed by atoms with van der Waals surface area (Å²) in [4.78, 5) is 14.9. The number of hydrogen-bond donors (Lipinski definition) is 2. The molecule has 24 heavy (non-hydrogen) atoms. The zero-order valence-corrected chi connectivity index (χ0v) is 14.6. The summed E-state index contributed by atoms with van der Waals surface area (Å²) < 4.78 is 6.41. The summed E-state index contributed by atoms with van der Waals surface area (Å²) in [6.45, 7) is 1.89. The minimum atomic E-state index is -0.311. The molecule has 0 unspecified atom stereocenters. The number of amides is 1. The first-order valence-electron chi connectivity index (χ1n) is 7.40. The molecule has 2 N–H and O–H groups in total. The molecule has 3 aromatic rings. The molecule has 0 atom stereocenters. The Morgan fingerprint density at radius 1 is 1.33 bits per heavy atom. The number of nitrogens with zero attached hydrogens (tertiary/aromatic N) is 1. The molecule has 0 aliphatic carbocycles. The number of hydrogen-bond acceptors (Lipinski definition) is 3. The highest BCUT2D eigenvalue weighted by molar-refractivity contribution is 9.10. The molecule has 0 saturated heterocycles. The van der Waals surface area contributed by atoms with Gasteiger partial charge in [0, 0.05) is 27.1 Å². The van der Waals surface area contributed by atoms with Gasteiger partial charge in [-0.3, -0.25) is 4.79 Å². The highest BCUT2D eigenvalue weighted by atomic mass is 79.9. The third kappa shape index (κ3) is 4.02. The van der Waals surface area contributed by atoms with Gasteiger partial charge in [0.25, 0.3) is 5.91 Å². The molecule has 0 aliphatic heterocycles. The fourth-order valence-electron chi connectivity index (χ4n) is 2.28. The lowest BCUT2D eigenvalue weighted by Gasteiger charge is -2.05. The second kappa shape index (κ2) is 7.31. The van der Waals surface area contributed by atoms with Crippen LogP contribution in [0.15, 0.2) is 58.2 Å². The standard InChI is InChI=1S/C18H16BrN3O2/c1-12-3-2-4-15(7-12)24-11-18(23)22-21-10-13-9-20-17-6-5-14(19)8-16(13)17/h2-10,20H,11H2,1H3,(H,22,23). The molecule has 0 fully saturated rings. The average molecular weight is 386 g/mol. The Balaban J connectivity index is 1.57. The number of rotatable bonds is 5. The van der Waals surface area contributed by atoms with E-state index in [1.54, 1.807) is 6.21 Å². The van der Waals surface area contributed by atoms with E-state index in [2.05, 4.69) is 31.4 Å². The van der Waals surface area contributed by atoms with E-state index in [1.165, 1.54) is 0 Å². The summed E-state index contributed by atoms with van der Waals surface area (Å²) in [5.41, 5.74) is 5.45. The Bertz CT molecular complexity index is 902. The first-order valence-corrected chi connectivity index (χ1v) is 8.19. The van der Waals surface area contributed by atoms with Crippen molar-refractivity contribution in [2.75, 3.05) is 6.61 Å². The van der Waals surface area contributed by atoms with Crippen LogP contribution >= 0.6 is 15.9 Å². The van der Waals surface area contributed by atoms with Crippen LogP contribution < -0.4 is 10.2 Å². The number of nitrogens with one attached hydrogen (secondary N) is 2. The summed E-state index contributed by atoms with van der Waals surface area (Å²) in [7, 11) is 0. The average Bonchev–Trinajstić information content (AvgIpc) is 2.95. The van der Waals surface area contributed by atoms with Gasteiger partial charge in [0.2, 0.25) is 0 Å². The number of halogens is 1. The van der Waals surface area contributed by atoms with Crippen molar-refractivity contribution >= 4 is 39.0 Å². The van der Waals surface area contributed by atoms with Gasteiger partial charge in [-0.1, -0.05) is 28.1 Å². The second-order valence-electron chi connectivity index (χ2n) is 5.33. The van der Waals surface area contributed by atoms with E-state index in [0.29, 0.717) is 5.75 Å². The van der Waals surface area contributed by atoms with E-state index < -0.39 is 0 Å². The Kier molecular flexibility index (Phi) is 4.96. The van der Waals surface area contributed by atoms with E-state index in [-0.39, 0.29) is 12.5 Å². The molecule has 1 heterocycles. The molecule has 0 spiro atoms. The number of carbonyl (C=O) groups is 1. The molecule has 0 bridgehead atoms. The minimum absolute atomic E-state index is 0.0831. The lowest BCUT2D eigenvalue weighted by molar-refractivity contribution is -0.123. The molecule has 122 valence electrons. The van der Waals surface area contributed by atoms with Gasteiger partial charge >= 0.3 is 0 Å². The number of aromatic amines is 1. The van der Waals surface area contributed by atoms with Crippen LogP contribution in [0.25, 0.3) is 10.9 Å². The van der Waals surface area contributed by atoms with E-state index >= 15 is 0 Å². The summed E-state index contributed by atoms with van der Waals surface area (Å²) in [5.74, 6) is 0.351. The quantitative estimate of drug-likeness (QED) is 0.518. The Morgan fingerprint density at radius 2 is 2.21 bits per heavy atom. The summed E-state index contributed by atoms with van der Waals surface area (Å²) in [6.07, 6.45) is 3.45. The number of carbonyl (C=O) groups excluding carboxylic acids is 1. The molecule has 0 radical (unpaired) electrons. The summed E-state index contributed by atoms with van der Waals surface area (Å²) in [5, 5.41) is 5.01. The van der Waals surface area contributed by atoms with Gasteiger partial charge in [0.05, 0.1) is 6.21 Å². The van der Waals surface area contributed by atoms with Crippen LogP contribution in [-0.4, -0.2) is 23.7 Å². The zero-order chi connectivity index (χ0) is 16.9. The number of H-pyrrole nitrogens is 1. The summed E-state index contributed by atoms with van der Waals surface area (Å²) >= 11 is 3.45. The van der Waals surface area contributed by atoms with Crippen LogP contribution in [-0.2, 0) is 4.79 Å². The predicted molar refractivity (Wildman–Crippen MR) is 98.4 cm³/mol. The fraction of sp³-hybridized carbons (Fsp3) is 0.111. The van der Waals surface area contributed by atoms with Crippen LogP contribution in [0.2, 0.25) is 0 Å². The van der Waals surface area contributed by atoms with Crippen molar-refractivity contribution in [2.45, 2.75) is 6.92 Å². The Labute approximate surface area is 147 Å². The van der Waals surface area contributed by atoms with Crippen LogP contribution in [0, 0.1) is 6.92 Å². The van der Waals surface area contributed by atoms with E-state index in [0.717, 1.165) is 26.5 Å². The molecular formula is C18H16BrN3O2. The molecular weight excluding hydrogens is 370 g/mol. The lowest BCUT2D eigenvalue weighted by atomic mass is 10.2. The highest BCUT2D eigenvalue weighted by Gasteiger charge is 2.04. The minimum Gasteiger partial charge on any atom is -0.484 e. The van der Waals surface area contributed by atoms with Crippen LogP contribution in [0.4, 0.5) is 0 Å².